The molecule has 0 bridgehead atoms. The Balaban J connectivity index is 2.30. The van der Waals surface area contributed by atoms with Gasteiger partial charge >= 0.3 is 0 Å². The molecule has 0 aromatic carbocycles. The van der Waals surface area contributed by atoms with E-state index in [0.717, 1.165) is 13.1 Å². The third kappa shape index (κ3) is 2.49. The first-order chi connectivity index (χ1) is 5.61. The third-order valence-corrected chi connectivity index (χ3v) is 2.66. The van der Waals surface area contributed by atoms with Gasteiger partial charge in [-0.25, -0.2) is 0 Å². The minimum atomic E-state index is 0.222. The first-order valence-electron chi connectivity index (χ1n) is 4.85. The highest BCUT2D eigenvalue weighted by molar-refractivity contribution is 6.11. The Morgan fingerprint density at radius 3 is 1.67 bits per heavy atom. The van der Waals surface area contributed by atoms with Crippen molar-refractivity contribution >= 4 is 7.85 Å². The minimum absolute atomic E-state index is 0.222. The summed E-state index contributed by atoms with van der Waals surface area (Å²) in [5.74, 6) is 0.222. The van der Waals surface area contributed by atoms with Crippen LogP contribution in [0.2, 0.25) is 0 Å². The van der Waals surface area contributed by atoms with E-state index in [0.29, 0.717) is 6.04 Å². The second-order valence-electron chi connectivity index (χ2n) is 3.91. The summed E-state index contributed by atoms with van der Waals surface area (Å²) in [7, 11) is 5.80. The van der Waals surface area contributed by atoms with Crippen molar-refractivity contribution in [1.29, 1.82) is 0 Å². The normalized spacial score (nSPS) is 24.7. The largest absolute Gasteiger partial charge is 0.307 e. The van der Waals surface area contributed by atoms with Gasteiger partial charge in [-0.3, -0.25) is 4.90 Å². The maximum absolute atomic E-state index is 5.80. The average Bonchev–Trinajstić information content (AvgIpc) is 2.04. The summed E-state index contributed by atoms with van der Waals surface area (Å²) >= 11 is 0. The smallest absolute Gasteiger partial charge is 0.0906 e. The molecule has 68 valence electrons. The molecule has 0 amide bonds. The molecule has 1 fully saturated rings. The highest BCUT2D eigenvalue weighted by atomic mass is 15.3. The van der Waals surface area contributed by atoms with Crippen molar-refractivity contribution in [3.05, 3.63) is 0 Å². The van der Waals surface area contributed by atoms with Gasteiger partial charge in [-0.2, -0.15) is 0 Å². The van der Waals surface area contributed by atoms with Gasteiger partial charge in [0, 0.05) is 32.2 Å². The molecule has 1 aliphatic heterocycles. The minimum Gasteiger partial charge on any atom is -0.307 e. The Kier molecular flexibility index (Phi) is 3.60. The molecule has 12 heavy (non-hydrogen) atoms. The second-order valence-corrected chi connectivity index (χ2v) is 3.91. The van der Waals surface area contributed by atoms with Crippen LogP contribution in [0.1, 0.15) is 20.8 Å². The predicted octanol–water partition coefficient (Wildman–Crippen LogP) is 0.527. The number of hydrogen-bond acceptors (Lipinski definition) is 2. The highest BCUT2D eigenvalue weighted by Crippen LogP contribution is 2.06. The van der Waals surface area contributed by atoms with Gasteiger partial charge in [0.2, 0.25) is 0 Å². The first kappa shape index (κ1) is 10.1. The van der Waals surface area contributed by atoms with Crippen LogP contribution in [0.5, 0.6) is 0 Å². The van der Waals surface area contributed by atoms with Crippen molar-refractivity contribution in [2.45, 2.75) is 32.8 Å². The number of nitrogens with zero attached hydrogens (tertiary/aromatic N) is 2. The SMILES string of the molecule is [B]C(C)N1CCN(C(C)C)CC1. The number of piperazine rings is 1. The molecule has 0 aliphatic carbocycles. The van der Waals surface area contributed by atoms with Crippen LogP contribution in [0.15, 0.2) is 0 Å². The summed E-state index contributed by atoms with van der Waals surface area (Å²) in [6, 6.07) is 0.681. The van der Waals surface area contributed by atoms with Gasteiger partial charge in [-0.05, 0) is 19.8 Å². The molecule has 1 saturated heterocycles. The summed E-state index contributed by atoms with van der Waals surface area (Å²) in [5, 5.41) is 0. The van der Waals surface area contributed by atoms with E-state index in [1.807, 2.05) is 0 Å². The Bertz CT molecular complexity index is 112. The van der Waals surface area contributed by atoms with Gasteiger partial charge in [0.15, 0.2) is 0 Å². The van der Waals surface area contributed by atoms with Crippen molar-refractivity contribution in [1.82, 2.24) is 9.80 Å². The molecule has 0 aromatic rings. The molecule has 0 saturated carbocycles. The van der Waals surface area contributed by atoms with E-state index in [1.165, 1.54) is 13.1 Å². The van der Waals surface area contributed by atoms with Crippen molar-refractivity contribution in [2.75, 3.05) is 26.2 Å². The van der Waals surface area contributed by atoms with Crippen LogP contribution < -0.4 is 0 Å². The molecular weight excluding hydrogens is 147 g/mol. The summed E-state index contributed by atoms with van der Waals surface area (Å²) in [5.41, 5.74) is 0. The van der Waals surface area contributed by atoms with E-state index in [4.69, 9.17) is 7.85 Å². The standard InChI is InChI=1S/C9H19BN2/c1-8(2)11-4-6-12(7-5-11)9(3)10/h8-9H,4-7H2,1-3H3. The fourth-order valence-corrected chi connectivity index (χ4v) is 1.66. The lowest BCUT2D eigenvalue weighted by molar-refractivity contribution is 0.103. The molecule has 1 atom stereocenters. The van der Waals surface area contributed by atoms with Gasteiger partial charge in [0.1, 0.15) is 0 Å². The fourth-order valence-electron chi connectivity index (χ4n) is 1.66. The zero-order valence-corrected chi connectivity index (χ0v) is 8.45. The van der Waals surface area contributed by atoms with Crippen molar-refractivity contribution in [2.24, 2.45) is 0 Å². The third-order valence-electron chi connectivity index (χ3n) is 2.66. The van der Waals surface area contributed by atoms with Crippen LogP contribution in [-0.2, 0) is 0 Å². The molecule has 0 N–H and O–H groups in total. The first-order valence-corrected chi connectivity index (χ1v) is 4.85. The molecule has 0 spiro atoms. The lowest BCUT2D eigenvalue weighted by Gasteiger charge is -2.39. The number of rotatable bonds is 2. The molecule has 1 aliphatic rings. The summed E-state index contributed by atoms with van der Waals surface area (Å²) in [6.07, 6.45) is 0. The molecule has 1 rings (SSSR count). The Hall–Kier alpha value is -0.0151. The quantitative estimate of drug-likeness (QED) is 0.552. The van der Waals surface area contributed by atoms with E-state index < -0.39 is 0 Å². The zero-order valence-electron chi connectivity index (χ0n) is 8.45. The van der Waals surface area contributed by atoms with Gasteiger partial charge < -0.3 is 4.90 Å². The van der Waals surface area contributed by atoms with Gasteiger partial charge in [0.05, 0.1) is 7.85 Å². The van der Waals surface area contributed by atoms with Crippen LogP contribution in [-0.4, -0.2) is 55.8 Å². The maximum atomic E-state index is 5.80. The molecule has 0 aromatic heterocycles. The van der Waals surface area contributed by atoms with Crippen LogP contribution in [0.3, 0.4) is 0 Å². The zero-order chi connectivity index (χ0) is 9.14. The highest BCUT2D eigenvalue weighted by Gasteiger charge is 2.19. The van der Waals surface area contributed by atoms with Crippen LogP contribution >= 0.6 is 0 Å². The van der Waals surface area contributed by atoms with E-state index in [-0.39, 0.29) is 5.94 Å². The van der Waals surface area contributed by atoms with Crippen molar-refractivity contribution < 1.29 is 0 Å². The van der Waals surface area contributed by atoms with Crippen molar-refractivity contribution in [3.63, 3.8) is 0 Å². The molecule has 1 heterocycles. The van der Waals surface area contributed by atoms with Crippen LogP contribution in [0.4, 0.5) is 0 Å². The molecular formula is C9H19BN2. The predicted molar refractivity (Wildman–Crippen MR) is 53.5 cm³/mol. The van der Waals surface area contributed by atoms with Crippen LogP contribution in [0, 0.1) is 0 Å². The summed E-state index contributed by atoms with van der Waals surface area (Å²) in [4.78, 5) is 4.83. The maximum Gasteiger partial charge on any atom is 0.0906 e. The Labute approximate surface area is 77.3 Å². The second kappa shape index (κ2) is 4.29. The molecule has 1 unspecified atom stereocenters. The lowest BCUT2D eigenvalue weighted by atomic mass is 9.96. The number of hydrogen-bond donors (Lipinski definition) is 0. The van der Waals surface area contributed by atoms with Gasteiger partial charge in [0.25, 0.3) is 0 Å². The van der Waals surface area contributed by atoms with Gasteiger partial charge in [-0.15, -0.1) is 0 Å². The average molecular weight is 166 g/mol. The fraction of sp³-hybridized carbons (Fsp3) is 1.00. The van der Waals surface area contributed by atoms with Gasteiger partial charge in [-0.1, -0.05) is 6.92 Å². The lowest BCUT2D eigenvalue weighted by Crippen LogP contribution is -2.51. The summed E-state index contributed by atoms with van der Waals surface area (Å²) < 4.78 is 0. The molecule has 2 radical (unpaired) electrons. The molecule has 3 heteroatoms. The van der Waals surface area contributed by atoms with E-state index in [2.05, 4.69) is 30.6 Å². The Morgan fingerprint density at radius 2 is 1.33 bits per heavy atom. The monoisotopic (exact) mass is 166 g/mol. The van der Waals surface area contributed by atoms with E-state index in [1.54, 1.807) is 0 Å². The molecule has 2 nitrogen and oxygen atoms in total. The summed E-state index contributed by atoms with van der Waals surface area (Å²) in [6.45, 7) is 11.1. The van der Waals surface area contributed by atoms with E-state index in [9.17, 15) is 0 Å². The van der Waals surface area contributed by atoms with Crippen molar-refractivity contribution in [3.8, 4) is 0 Å². The van der Waals surface area contributed by atoms with Crippen LogP contribution in [0.25, 0.3) is 0 Å². The Morgan fingerprint density at radius 1 is 0.917 bits per heavy atom. The topological polar surface area (TPSA) is 6.48 Å². The van der Waals surface area contributed by atoms with E-state index >= 15 is 0 Å².